The number of hydrogen-bond acceptors (Lipinski definition) is 3. The number of halogens is 5. The maximum absolute atomic E-state index is 13.2. The Bertz CT molecular complexity index is 993. The average molecular weight is 400 g/mol. The SMILES string of the molecule is Cc1c(C(=O)NCCc2cc(F)cc(F)c2)sc2nc(C(F)(F)F)ccc12. The van der Waals surface area contributed by atoms with Gasteiger partial charge >= 0.3 is 6.18 Å². The fourth-order valence-electron chi connectivity index (χ4n) is 2.63. The van der Waals surface area contributed by atoms with Crippen LogP contribution in [0, 0.1) is 18.6 Å². The van der Waals surface area contributed by atoms with Gasteiger partial charge < -0.3 is 5.32 Å². The van der Waals surface area contributed by atoms with Gasteiger partial charge in [-0.3, -0.25) is 4.79 Å². The third kappa shape index (κ3) is 4.24. The molecule has 9 heteroatoms. The van der Waals surface area contributed by atoms with Crippen LogP contribution in [0.15, 0.2) is 30.3 Å². The minimum absolute atomic E-state index is 0.122. The summed E-state index contributed by atoms with van der Waals surface area (Å²) in [7, 11) is 0. The average Bonchev–Trinajstić information content (AvgIpc) is 2.89. The van der Waals surface area contributed by atoms with Crippen LogP contribution in [0.4, 0.5) is 22.0 Å². The van der Waals surface area contributed by atoms with E-state index in [1.165, 1.54) is 18.2 Å². The molecule has 0 atom stereocenters. The molecule has 3 nitrogen and oxygen atoms in total. The number of rotatable bonds is 4. The van der Waals surface area contributed by atoms with Gasteiger partial charge in [-0.05, 0) is 48.7 Å². The van der Waals surface area contributed by atoms with Crippen molar-refractivity contribution in [2.24, 2.45) is 0 Å². The number of benzene rings is 1. The highest BCUT2D eigenvalue weighted by atomic mass is 32.1. The van der Waals surface area contributed by atoms with E-state index in [-0.39, 0.29) is 22.7 Å². The van der Waals surface area contributed by atoms with Crippen LogP contribution in [0.25, 0.3) is 10.2 Å². The van der Waals surface area contributed by atoms with Crippen molar-refractivity contribution in [3.63, 3.8) is 0 Å². The molecular weight excluding hydrogens is 387 g/mol. The zero-order chi connectivity index (χ0) is 19.8. The Balaban J connectivity index is 1.74. The number of pyridine rings is 1. The monoisotopic (exact) mass is 400 g/mol. The lowest BCUT2D eigenvalue weighted by Crippen LogP contribution is -2.25. The summed E-state index contributed by atoms with van der Waals surface area (Å²) < 4.78 is 64.6. The van der Waals surface area contributed by atoms with E-state index >= 15 is 0 Å². The third-order valence-electron chi connectivity index (χ3n) is 3.92. The molecule has 1 amide bonds. The van der Waals surface area contributed by atoms with Gasteiger partial charge in [0.2, 0.25) is 0 Å². The van der Waals surface area contributed by atoms with Crippen LogP contribution in [0.1, 0.15) is 26.5 Å². The molecule has 1 aromatic carbocycles. The molecule has 3 rings (SSSR count). The van der Waals surface area contributed by atoms with Crippen molar-refractivity contribution >= 4 is 27.5 Å². The highest BCUT2D eigenvalue weighted by Gasteiger charge is 2.33. The Morgan fingerprint density at radius 2 is 1.81 bits per heavy atom. The smallest absolute Gasteiger partial charge is 0.351 e. The molecule has 1 N–H and O–H groups in total. The van der Waals surface area contributed by atoms with Crippen molar-refractivity contribution in [3.8, 4) is 0 Å². The topological polar surface area (TPSA) is 42.0 Å². The Morgan fingerprint density at radius 3 is 2.44 bits per heavy atom. The number of aromatic nitrogens is 1. The Hall–Kier alpha value is -2.55. The first-order valence-electron chi connectivity index (χ1n) is 7.85. The molecule has 0 radical (unpaired) electrons. The summed E-state index contributed by atoms with van der Waals surface area (Å²) in [5.74, 6) is -1.88. The van der Waals surface area contributed by atoms with Crippen LogP contribution in [0.5, 0.6) is 0 Å². The van der Waals surface area contributed by atoms with Crippen LogP contribution in [0.2, 0.25) is 0 Å². The first-order chi connectivity index (χ1) is 12.6. The van der Waals surface area contributed by atoms with E-state index in [0.717, 1.165) is 23.5 Å². The number of fused-ring (bicyclic) bond motifs is 1. The summed E-state index contributed by atoms with van der Waals surface area (Å²) in [5.41, 5.74) is -0.0980. The van der Waals surface area contributed by atoms with Crippen molar-refractivity contribution in [1.29, 1.82) is 0 Å². The van der Waals surface area contributed by atoms with Crippen LogP contribution >= 0.6 is 11.3 Å². The molecule has 0 saturated carbocycles. The van der Waals surface area contributed by atoms with E-state index < -0.39 is 29.4 Å². The molecule has 0 unspecified atom stereocenters. The van der Waals surface area contributed by atoms with Gasteiger partial charge in [-0.15, -0.1) is 11.3 Å². The van der Waals surface area contributed by atoms with Crippen molar-refractivity contribution in [2.75, 3.05) is 6.54 Å². The highest BCUT2D eigenvalue weighted by Crippen LogP contribution is 2.34. The van der Waals surface area contributed by atoms with Gasteiger partial charge in [0.05, 0.1) is 4.88 Å². The van der Waals surface area contributed by atoms with Crippen LogP contribution < -0.4 is 5.32 Å². The van der Waals surface area contributed by atoms with E-state index in [1.54, 1.807) is 6.92 Å². The van der Waals surface area contributed by atoms with Gasteiger partial charge in [0.15, 0.2) is 0 Å². The molecular formula is C18H13F5N2OS. The zero-order valence-electron chi connectivity index (χ0n) is 14.0. The van der Waals surface area contributed by atoms with Gasteiger partial charge in [0.1, 0.15) is 22.2 Å². The Morgan fingerprint density at radius 1 is 1.15 bits per heavy atom. The Labute approximate surface area is 154 Å². The van der Waals surface area contributed by atoms with E-state index in [2.05, 4.69) is 10.3 Å². The second kappa shape index (κ2) is 7.22. The number of aryl methyl sites for hydroxylation is 1. The molecule has 0 aliphatic heterocycles. The summed E-state index contributed by atoms with van der Waals surface area (Å²) in [6.45, 7) is 1.75. The maximum atomic E-state index is 13.2. The molecule has 2 aromatic heterocycles. The predicted molar refractivity (Wildman–Crippen MR) is 91.8 cm³/mol. The normalized spacial score (nSPS) is 11.8. The number of nitrogens with one attached hydrogen (secondary N) is 1. The van der Waals surface area contributed by atoms with Gasteiger partial charge in [-0.2, -0.15) is 13.2 Å². The van der Waals surface area contributed by atoms with Crippen molar-refractivity contribution in [2.45, 2.75) is 19.5 Å². The molecule has 0 aliphatic rings. The first-order valence-corrected chi connectivity index (χ1v) is 8.67. The molecule has 142 valence electrons. The van der Waals surface area contributed by atoms with Crippen LogP contribution in [-0.4, -0.2) is 17.4 Å². The predicted octanol–water partition coefficient (Wildman–Crippen LogP) is 4.87. The highest BCUT2D eigenvalue weighted by molar-refractivity contribution is 7.20. The van der Waals surface area contributed by atoms with Crippen LogP contribution in [-0.2, 0) is 12.6 Å². The molecule has 2 heterocycles. The fourth-order valence-corrected chi connectivity index (χ4v) is 3.73. The summed E-state index contributed by atoms with van der Waals surface area (Å²) in [6.07, 6.45) is -4.35. The number of amides is 1. The minimum Gasteiger partial charge on any atom is -0.351 e. The zero-order valence-corrected chi connectivity index (χ0v) is 14.8. The second-order valence-electron chi connectivity index (χ2n) is 5.89. The lowest BCUT2D eigenvalue weighted by Gasteiger charge is -2.05. The summed E-state index contributed by atoms with van der Waals surface area (Å²) in [5, 5.41) is 3.09. The summed E-state index contributed by atoms with van der Waals surface area (Å²) in [4.78, 5) is 16.3. The number of alkyl halides is 3. The summed E-state index contributed by atoms with van der Waals surface area (Å²) >= 11 is 0.870. The maximum Gasteiger partial charge on any atom is 0.433 e. The summed E-state index contributed by atoms with van der Waals surface area (Å²) in [6, 6.07) is 5.27. The van der Waals surface area contributed by atoms with E-state index in [1.807, 2.05) is 0 Å². The largest absolute Gasteiger partial charge is 0.433 e. The van der Waals surface area contributed by atoms with Crippen LogP contribution in [0.3, 0.4) is 0 Å². The van der Waals surface area contributed by atoms with Gasteiger partial charge in [0.25, 0.3) is 5.91 Å². The van der Waals surface area contributed by atoms with Gasteiger partial charge in [-0.1, -0.05) is 0 Å². The second-order valence-corrected chi connectivity index (χ2v) is 6.89. The lowest BCUT2D eigenvalue weighted by molar-refractivity contribution is -0.140. The number of carbonyl (C=O) groups excluding carboxylic acids is 1. The standard InChI is InChI=1S/C18H13F5N2OS/c1-9-13-2-3-14(18(21,22)23)25-17(13)27-15(9)16(26)24-5-4-10-6-11(19)8-12(20)7-10/h2-3,6-8H,4-5H2,1H3,(H,24,26). The molecule has 0 saturated heterocycles. The molecule has 0 spiro atoms. The van der Waals surface area contributed by atoms with Crippen molar-refractivity contribution in [3.05, 3.63) is 63.7 Å². The molecule has 27 heavy (non-hydrogen) atoms. The quantitative estimate of drug-likeness (QED) is 0.635. The van der Waals surface area contributed by atoms with E-state index in [4.69, 9.17) is 0 Å². The molecule has 0 bridgehead atoms. The minimum atomic E-state index is -4.56. The molecule has 0 aliphatic carbocycles. The number of thiophene rings is 1. The molecule has 0 fully saturated rings. The number of carbonyl (C=O) groups is 1. The number of nitrogens with zero attached hydrogens (tertiary/aromatic N) is 1. The van der Waals surface area contributed by atoms with Crippen molar-refractivity contribution < 1.29 is 26.7 Å². The number of hydrogen-bond donors (Lipinski definition) is 1. The first kappa shape index (κ1) is 19.2. The van der Waals surface area contributed by atoms with Crippen molar-refractivity contribution in [1.82, 2.24) is 10.3 Å². The van der Waals surface area contributed by atoms with Gasteiger partial charge in [-0.25, -0.2) is 13.8 Å². The lowest BCUT2D eigenvalue weighted by atomic mass is 10.1. The molecule has 3 aromatic rings. The Kier molecular flexibility index (Phi) is 5.14. The van der Waals surface area contributed by atoms with E-state index in [0.29, 0.717) is 16.5 Å². The van der Waals surface area contributed by atoms with Gasteiger partial charge in [0, 0.05) is 18.0 Å². The third-order valence-corrected chi connectivity index (χ3v) is 5.12. The fraction of sp³-hybridized carbons (Fsp3) is 0.222. The van der Waals surface area contributed by atoms with E-state index in [9.17, 15) is 26.7 Å².